The fraction of sp³-hybridized carbons (Fsp3) is 0.391. The van der Waals surface area contributed by atoms with E-state index in [2.05, 4.69) is 25.7 Å². The molecule has 0 bridgehead atoms. The Morgan fingerprint density at radius 2 is 1.94 bits per heavy atom. The zero-order valence-electron chi connectivity index (χ0n) is 19.3. The number of carbonyl (C=O) groups is 1. The molecule has 1 aliphatic carbocycles. The van der Waals surface area contributed by atoms with Crippen molar-refractivity contribution in [2.24, 2.45) is 7.05 Å². The van der Waals surface area contributed by atoms with Gasteiger partial charge in [-0.05, 0) is 25.0 Å². The number of amides is 1. The Bertz CT molecular complexity index is 1150. The Hall–Kier alpha value is -3.83. The van der Waals surface area contributed by atoms with E-state index in [0.717, 1.165) is 16.2 Å². The van der Waals surface area contributed by atoms with Crippen molar-refractivity contribution in [3.63, 3.8) is 0 Å². The fourth-order valence-corrected chi connectivity index (χ4v) is 3.90. The summed E-state index contributed by atoms with van der Waals surface area (Å²) in [6, 6.07) is -0.329. The van der Waals surface area contributed by atoms with Crippen molar-refractivity contribution in [2.75, 3.05) is 30.8 Å². The number of ether oxygens (including phenoxy) is 1. The Labute approximate surface area is 200 Å². The molecule has 2 aromatic heterocycles. The van der Waals surface area contributed by atoms with E-state index in [-0.39, 0.29) is 25.2 Å². The van der Waals surface area contributed by atoms with Crippen LogP contribution in [0.5, 0.6) is 0 Å². The molecule has 2 aromatic rings. The maximum absolute atomic E-state index is 12.8. The number of nitrogens with zero attached hydrogens (tertiary/aromatic N) is 5. The molecule has 186 valence electrons. The first-order chi connectivity index (χ1) is 16.7. The number of halogens is 3. The third-order valence-corrected chi connectivity index (χ3v) is 5.75. The smallest absolute Gasteiger partial charge is 0.471 e. The first kappa shape index (κ1) is 24.3. The molecule has 1 amide bonds. The van der Waals surface area contributed by atoms with Crippen LogP contribution in [0.2, 0.25) is 0 Å². The van der Waals surface area contributed by atoms with E-state index in [9.17, 15) is 18.0 Å². The van der Waals surface area contributed by atoms with Crippen molar-refractivity contribution < 1.29 is 22.7 Å². The first-order valence-corrected chi connectivity index (χ1v) is 11.1. The van der Waals surface area contributed by atoms with Crippen LogP contribution in [0, 0.1) is 0 Å². The summed E-state index contributed by atoms with van der Waals surface area (Å²) in [6.07, 6.45) is 10.5. The molecule has 1 fully saturated rings. The lowest BCUT2D eigenvalue weighted by Gasteiger charge is -2.33. The van der Waals surface area contributed by atoms with Gasteiger partial charge in [-0.2, -0.15) is 23.3 Å². The predicted molar refractivity (Wildman–Crippen MR) is 124 cm³/mol. The van der Waals surface area contributed by atoms with E-state index >= 15 is 0 Å². The lowest BCUT2D eigenvalue weighted by Crippen LogP contribution is -2.47. The van der Waals surface area contributed by atoms with Gasteiger partial charge in [0, 0.05) is 49.7 Å². The van der Waals surface area contributed by atoms with Crippen LogP contribution in [0.1, 0.15) is 12.8 Å². The summed E-state index contributed by atoms with van der Waals surface area (Å²) in [5, 5.41) is 10.8. The molecule has 1 aliphatic heterocycles. The van der Waals surface area contributed by atoms with Crippen LogP contribution >= 0.6 is 0 Å². The summed E-state index contributed by atoms with van der Waals surface area (Å²) >= 11 is 0. The Morgan fingerprint density at radius 3 is 2.60 bits per heavy atom. The number of alkyl halides is 3. The van der Waals surface area contributed by atoms with Crippen LogP contribution in [0.15, 0.2) is 54.7 Å². The number of aromatic nitrogens is 4. The average Bonchev–Trinajstić information content (AvgIpc) is 3.13. The second kappa shape index (κ2) is 10.2. The molecule has 2 N–H and O–H groups in total. The van der Waals surface area contributed by atoms with Crippen molar-refractivity contribution in [3.05, 3.63) is 54.7 Å². The van der Waals surface area contributed by atoms with Gasteiger partial charge in [0.25, 0.3) is 0 Å². The third kappa shape index (κ3) is 6.00. The molecule has 35 heavy (non-hydrogen) atoms. The minimum absolute atomic E-state index is 0.0148. The van der Waals surface area contributed by atoms with Gasteiger partial charge in [-0.1, -0.05) is 18.2 Å². The van der Waals surface area contributed by atoms with Crippen LogP contribution in [-0.2, 0) is 16.6 Å². The van der Waals surface area contributed by atoms with Crippen molar-refractivity contribution >= 4 is 17.7 Å². The number of hydrogen-bond acceptors (Lipinski definition) is 7. The van der Waals surface area contributed by atoms with Gasteiger partial charge in [0.15, 0.2) is 0 Å². The highest BCUT2D eigenvalue weighted by Gasteiger charge is 2.43. The van der Waals surface area contributed by atoms with E-state index < -0.39 is 12.1 Å². The molecule has 12 heteroatoms. The molecule has 1 saturated heterocycles. The van der Waals surface area contributed by atoms with Crippen molar-refractivity contribution in [2.45, 2.75) is 31.1 Å². The third-order valence-electron chi connectivity index (χ3n) is 5.75. The SMILES string of the molecule is COC1=CC=CC(Nc2ncc(-c3cnn(C)c3)c(NC3CCN(C(=O)C(F)(F)F)CC3)n2)C=C1. The first-order valence-electron chi connectivity index (χ1n) is 11.1. The monoisotopic (exact) mass is 489 g/mol. The number of carbonyl (C=O) groups excluding carboxylic acids is 1. The van der Waals surface area contributed by atoms with Crippen LogP contribution in [0.4, 0.5) is 24.9 Å². The molecule has 4 rings (SSSR count). The Morgan fingerprint density at radius 1 is 1.17 bits per heavy atom. The highest BCUT2D eigenvalue weighted by Crippen LogP contribution is 2.29. The number of rotatable bonds is 6. The second-order valence-corrected chi connectivity index (χ2v) is 8.25. The summed E-state index contributed by atoms with van der Waals surface area (Å²) in [4.78, 5) is 21.5. The number of aryl methyl sites for hydroxylation is 1. The maximum Gasteiger partial charge on any atom is 0.471 e. The largest absolute Gasteiger partial charge is 0.497 e. The summed E-state index contributed by atoms with van der Waals surface area (Å²) in [6.45, 7) is 0.0296. The van der Waals surface area contributed by atoms with Crippen molar-refractivity contribution in [1.29, 1.82) is 0 Å². The van der Waals surface area contributed by atoms with E-state index in [1.165, 1.54) is 0 Å². The van der Waals surface area contributed by atoms with Crippen LogP contribution in [0.25, 0.3) is 11.1 Å². The van der Waals surface area contributed by atoms with Gasteiger partial charge in [-0.15, -0.1) is 0 Å². The number of piperidine rings is 1. The van der Waals surface area contributed by atoms with E-state index in [4.69, 9.17) is 4.74 Å². The molecule has 1 unspecified atom stereocenters. The van der Waals surface area contributed by atoms with Gasteiger partial charge in [-0.25, -0.2) is 4.98 Å². The van der Waals surface area contributed by atoms with Crippen LogP contribution in [0.3, 0.4) is 0 Å². The minimum Gasteiger partial charge on any atom is -0.497 e. The normalized spacial score (nSPS) is 18.7. The Kier molecular flexibility index (Phi) is 7.08. The predicted octanol–water partition coefficient (Wildman–Crippen LogP) is 3.28. The van der Waals surface area contributed by atoms with E-state index in [1.54, 1.807) is 31.2 Å². The summed E-state index contributed by atoms with van der Waals surface area (Å²) in [5.41, 5.74) is 1.52. The van der Waals surface area contributed by atoms with Gasteiger partial charge in [-0.3, -0.25) is 9.48 Å². The van der Waals surface area contributed by atoms with Crippen molar-refractivity contribution in [1.82, 2.24) is 24.6 Å². The van der Waals surface area contributed by atoms with Crippen LogP contribution in [-0.4, -0.2) is 69.0 Å². The highest BCUT2D eigenvalue weighted by atomic mass is 19.4. The van der Waals surface area contributed by atoms with Gasteiger partial charge in [0.1, 0.15) is 11.6 Å². The summed E-state index contributed by atoms with van der Waals surface area (Å²) in [7, 11) is 3.40. The van der Waals surface area contributed by atoms with Gasteiger partial charge in [0.2, 0.25) is 5.95 Å². The molecular weight excluding hydrogens is 463 g/mol. The lowest BCUT2D eigenvalue weighted by molar-refractivity contribution is -0.186. The number of methoxy groups -OCH3 is 1. The maximum atomic E-state index is 12.8. The molecular formula is C23H26F3N7O2. The topological polar surface area (TPSA) is 97.2 Å². The fourth-order valence-electron chi connectivity index (χ4n) is 3.90. The lowest BCUT2D eigenvalue weighted by atomic mass is 10.0. The molecule has 2 aliphatic rings. The zero-order chi connectivity index (χ0) is 25.0. The van der Waals surface area contributed by atoms with E-state index in [0.29, 0.717) is 30.2 Å². The Balaban J connectivity index is 1.51. The average molecular weight is 490 g/mol. The number of hydrogen-bond donors (Lipinski definition) is 2. The van der Waals surface area contributed by atoms with Gasteiger partial charge in [0.05, 0.1) is 19.3 Å². The second-order valence-electron chi connectivity index (χ2n) is 8.25. The molecule has 9 nitrogen and oxygen atoms in total. The number of likely N-dealkylation sites (tertiary alicyclic amines) is 1. The molecule has 3 heterocycles. The zero-order valence-corrected chi connectivity index (χ0v) is 19.3. The molecule has 1 atom stereocenters. The molecule has 0 aromatic carbocycles. The molecule has 0 saturated carbocycles. The minimum atomic E-state index is -4.86. The summed E-state index contributed by atoms with van der Waals surface area (Å²) in [5.74, 6) is -0.161. The highest BCUT2D eigenvalue weighted by molar-refractivity contribution is 5.82. The quantitative estimate of drug-likeness (QED) is 0.643. The van der Waals surface area contributed by atoms with Gasteiger partial charge < -0.3 is 20.3 Å². The van der Waals surface area contributed by atoms with E-state index in [1.807, 2.05) is 36.6 Å². The number of nitrogens with one attached hydrogen (secondary N) is 2. The standard InChI is InChI=1S/C23H26F3N7O2/c1-32-14-15(12-28-32)19-13-27-22(30-16-4-3-5-18(35-2)7-6-16)31-20(19)29-17-8-10-33(11-9-17)21(34)23(24,25)26/h3-7,12-14,16-17H,8-11H2,1-2H3,(H2,27,29,30,31). The summed E-state index contributed by atoms with van der Waals surface area (Å²) < 4.78 is 45.2. The molecule has 0 spiro atoms. The molecule has 0 radical (unpaired) electrons. The number of allylic oxidation sites excluding steroid dienone is 3. The van der Waals surface area contributed by atoms with Crippen LogP contribution < -0.4 is 10.6 Å². The van der Waals surface area contributed by atoms with Crippen molar-refractivity contribution in [3.8, 4) is 11.1 Å². The van der Waals surface area contributed by atoms with Gasteiger partial charge >= 0.3 is 12.1 Å². The number of anilines is 2.